The molecule has 0 aliphatic heterocycles. The van der Waals surface area contributed by atoms with E-state index in [4.69, 9.17) is 4.42 Å². The highest BCUT2D eigenvalue weighted by Gasteiger charge is 2.16. The first-order chi connectivity index (χ1) is 9.88. The maximum atomic E-state index is 13.6. The Bertz CT molecular complexity index is 793. The van der Waals surface area contributed by atoms with Crippen LogP contribution in [-0.4, -0.2) is 10.9 Å². The first-order valence-electron chi connectivity index (χ1n) is 5.89. The fraction of sp³-hybridized carbons (Fsp3) is 0.0667. The molecule has 0 bridgehead atoms. The normalized spacial score (nSPS) is 11.0. The molecule has 1 heterocycles. The number of allylic oxidation sites excluding steroid dienone is 1. The van der Waals surface area contributed by atoms with Gasteiger partial charge in [0.05, 0.1) is 0 Å². The molecule has 108 valence electrons. The van der Waals surface area contributed by atoms with Gasteiger partial charge in [0.15, 0.2) is 5.78 Å². The van der Waals surface area contributed by atoms with Gasteiger partial charge in [-0.2, -0.15) is 0 Å². The smallest absolute Gasteiger partial charge is 0.351 e. The molecule has 0 spiro atoms. The predicted octanol–water partition coefficient (Wildman–Crippen LogP) is 3.45. The van der Waals surface area contributed by atoms with E-state index in [2.05, 4.69) is 15.9 Å². The van der Waals surface area contributed by atoms with E-state index in [0.29, 0.717) is 4.47 Å². The zero-order chi connectivity index (χ0) is 15.6. The van der Waals surface area contributed by atoms with Gasteiger partial charge in [0.2, 0.25) is 0 Å². The number of aromatic hydroxyl groups is 1. The summed E-state index contributed by atoms with van der Waals surface area (Å²) in [7, 11) is 0. The SMILES string of the molecule is Cc1cc(O)c(C(=O)/C=C/c2ccc(Br)cc2F)c(=O)o1. The number of carbonyl (C=O) groups excluding carboxylic acids is 1. The minimum absolute atomic E-state index is 0.183. The van der Waals surface area contributed by atoms with Crippen molar-refractivity contribution in [1.29, 1.82) is 0 Å². The highest BCUT2D eigenvalue weighted by atomic mass is 79.9. The molecule has 0 aliphatic carbocycles. The molecule has 0 aliphatic rings. The first kappa shape index (κ1) is 15.2. The van der Waals surface area contributed by atoms with Gasteiger partial charge in [-0.1, -0.05) is 22.0 Å². The van der Waals surface area contributed by atoms with E-state index in [9.17, 15) is 19.1 Å². The fourth-order valence-electron chi connectivity index (χ4n) is 1.71. The molecule has 1 aromatic carbocycles. The van der Waals surface area contributed by atoms with Crippen molar-refractivity contribution in [1.82, 2.24) is 0 Å². The summed E-state index contributed by atoms with van der Waals surface area (Å²) in [6.07, 6.45) is 2.23. The average molecular weight is 353 g/mol. The highest BCUT2D eigenvalue weighted by molar-refractivity contribution is 9.10. The summed E-state index contributed by atoms with van der Waals surface area (Å²) in [6, 6.07) is 5.51. The van der Waals surface area contributed by atoms with Crippen molar-refractivity contribution < 1.29 is 18.7 Å². The van der Waals surface area contributed by atoms with E-state index in [1.54, 1.807) is 6.07 Å². The molecule has 4 nitrogen and oxygen atoms in total. The van der Waals surface area contributed by atoms with Crippen LogP contribution < -0.4 is 5.63 Å². The summed E-state index contributed by atoms with van der Waals surface area (Å²) >= 11 is 3.12. The van der Waals surface area contributed by atoms with E-state index in [1.807, 2.05) is 0 Å². The van der Waals surface area contributed by atoms with Crippen molar-refractivity contribution in [3.63, 3.8) is 0 Å². The monoisotopic (exact) mass is 352 g/mol. The number of aryl methyl sites for hydroxylation is 1. The standard InChI is InChI=1S/C15H10BrFO4/c1-8-6-13(19)14(15(20)21-8)12(18)5-3-9-2-4-10(16)7-11(9)17/h2-7,19H,1H3/b5-3+. The Hall–Kier alpha value is -2.21. The third-order valence-corrected chi connectivity index (χ3v) is 3.17. The number of benzene rings is 1. The molecular formula is C15H10BrFO4. The van der Waals surface area contributed by atoms with Crippen molar-refractivity contribution in [2.75, 3.05) is 0 Å². The zero-order valence-corrected chi connectivity index (χ0v) is 12.5. The van der Waals surface area contributed by atoms with E-state index < -0.39 is 28.5 Å². The quantitative estimate of drug-likeness (QED) is 0.678. The summed E-state index contributed by atoms with van der Waals surface area (Å²) in [4.78, 5) is 23.5. The Kier molecular flexibility index (Phi) is 4.37. The lowest BCUT2D eigenvalue weighted by atomic mass is 10.1. The van der Waals surface area contributed by atoms with Gasteiger partial charge in [0.1, 0.15) is 22.9 Å². The molecule has 21 heavy (non-hydrogen) atoms. The second-order valence-corrected chi connectivity index (χ2v) is 5.18. The number of rotatable bonds is 3. The van der Waals surface area contributed by atoms with Crippen molar-refractivity contribution >= 4 is 27.8 Å². The van der Waals surface area contributed by atoms with Gasteiger partial charge in [-0.25, -0.2) is 9.18 Å². The Morgan fingerprint density at radius 1 is 1.38 bits per heavy atom. The molecule has 0 saturated heterocycles. The van der Waals surface area contributed by atoms with Crippen molar-refractivity contribution in [3.8, 4) is 5.75 Å². The fourth-order valence-corrected chi connectivity index (χ4v) is 2.04. The molecule has 2 aromatic rings. The van der Waals surface area contributed by atoms with Gasteiger partial charge in [-0.3, -0.25) is 4.79 Å². The van der Waals surface area contributed by atoms with Crippen molar-refractivity contribution in [2.45, 2.75) is 6.92 Å². The second-order valence-electron chi connectivity index (χ2n) is 4.27. The van der Waals surface area contributed by atoms with Crippen LogP contribution in [0.25, 0.3) is 6.08 Å². The average Bonchev–Trinajstić information content (AvgIpc) is 2.36. The molecule has 0 saturated carbocycles. The van der Waals surface area contributed by atoms with E-state index >= 15 is 0 Å². The Morgan fingerprint density at radius 2 is 2.10 bits per heavy atom. The van der Waals surface area contributed by atoms with Gasteiger partial charge < -0.3 is 9.52 Å². The number of hydrogen-bond acceptors (Lipinski definition) is 4. The lowest BCUT2D eigenvalue weighted by Crippen LogP contribution is -2.12. The third-order valence-electron chi connectivity index (χ3n) is 2.68. The molecular weight excluding hydrogens is 343 g/mol. The lowest BCUT2D eigenvalue weighted by Gasteiger charge is -2.00. The van der Waals surface area contributed by atoms with E-state index in [0.717, 1.165) is 6.08 Å². The molecule has 0 atom stereocenters. The molecule has 6 heteroatoms. The minimum atomic E-state index is -0.932. The summed E-state index contributed by atoms with van der Waals surface area (Å²) in [6.45, 7) is 1.47. The number of ketones is 1. The molecule has 0 amide bonds. The Labute approximate surface area is 127 Å². The maximum absolute atomic E-state index is 13.6. The molecule has 0 radical (unpaired) electrons. The summed E-state index contributed by atoms with van der Waals surface area (Å²) in [5, 5.41) is 9.64. The lowest BCUT2D eigenvalue weighted by molar-refractivity contribution is 0.104. The van der Waals surface area contributed by atoms with Gasteiger partial charge in [0.25, 0.3) is 0 Å². The summed E-state index contributed by atoms with van der Waals surface area (Å²) in [5.74, 6) is -1.55. The van der Waals surface area contributed by atoms with Crippen LogP contribution >= 0.6 is 15.9 Å². The van der Waals surface area contributed by atoms with E-state index in [1.165, 1.54) is 31.2 Å². The first-order valence-corrected chi connectivity index (χ1v) is 6.69. The minimum Gasteiger partial charge on any atom is -0.507 e. The van der Waals surface area contributed by atoms with Crippen LogP contribution in [0, 0.1) is 12.7 Å². The number of carbonyl (C=O) groups is 1. The highest BCUT2D eigenvalue weighted by Crippen LogP contribution is 2.18. The third kappa shape index (κ3) is 3.46. The van der Waals surface area contributed by atoms with Crippen LogP contribution in [0.5, 0.6) is 5.75 Å². The van der Waals surface area contributed by atoms with Crippen LogP contribution in [-0.2, 0) is 0 Å². The molecule has 0 unspecified atom stereocenters. The van der Waals surface area contributed by atoms with E-state index in [-0.39, 0.29) is 11.3 Å². The zero-order valence-electron chi connectivity index (χ0n) is 10.9. The van der Waals surface area contributed by atoms with Crippen LogP contribution in [0.3, 0.4) is 0 Å². The van der Waals surface area contributed by atoms with Crippen LogP contribution in [0.1, 0.15) is 21.7 Å². The predicted molar refractivity (Wildman–Crippen MR) is 78.8 cm³/mol. The van der Waals surface area contributed by atoms with Crippen LogP contribution in [0.2, 0.25) is 0 Å². The second kappa shape index (κ2) is 6.05. The summed E-state index contributed by atoms with van der Waals surface area (Å²) < 4.78 is 18.9. The Balaban J connectivity index is 2.34. The van der Waals surface area contributed by atoms with Gasteiger partial charge >= 0.3 is 5.63 Å². The Morgan fingerprint density at radius 3 is 2.71 bits per heavy atom. The number of hydrogen-bond donors (Lipinski definition) is 1. The van der Waals surface area contributed by atoms with Crippen molar-refractivity contribution in [3.05, 3.63) is 67.9 Å². The van der Waals surface area contributed by atoms with Crippen LogP contribution in [0.4, 0.5) is 4.39 Å². The largest absolute Gasteiger partial charge is 0.507 e. The van der Waals surface area contributed by atoms with Crippen molar-refractivity contribution in [2.24, 2.45) is 0 Å². The molecule has 0 fully saturated rings. The van der Waals surface area contributed by atoms with Gasteiger partial charge in [-0.15, -0.1) is 0 Å². The molecule has 2 rings (SSSR count). The van der Waals surface area contributed by atoms with Crippen LogP contribution in [0.15, 0.2) is 44.0 Å². The number of halogens is 2. The molecule has 1 N–H and O–H groups in total. The molecule has 1 aromatic heterocycles. The maximum Gasteiger partial charge on any atom is 0.351 e. The van der Waals surface area contributed by atoms with Gasteiger partial charge in [-0.05, 0) is 31.2 Å². The topological polar surface area (TPSA) is 67.5 Å². The summed E-state index contributed by atoms with van der Waals surface area (Å²) in [5.41, 5.74) is -1.23. The van der Waals surface area contributed by atoms with Gasteiger partial charge in [0, 0.05) is 16.1 Å².